The molecule has 28 heavy (non-hydrogen) atoms. The summed E-state index contributed by atoms with van der Waals surface area (Å²) in [5, 5.41) is 3.20. The maximum absolute atomic E-state index is 13.0. The number of aryl methyl sites for hydroxylation is 1. The van der Waals surface area contributed by atoms with Crippen molar-refractivity contribution in [1.82, 2.24) is 9.97 Å². The average Bonchev–Trinajstić information content (AvgIpc) is 2.63. The molecule has 1 aromatic heterocycles. The molecule has 8 heteroatoms. The van der Waals surface area contributed by atoms with Gasteiger partial charge < -0.3 is 5.32 Å². The topological polar surface area (TPSA) is 84.0 Å². The van der Waals surface area contributed by atoms with E-state index in [2.05, 4.69) is 33.9 Å². The van der Waals surface area contributed by atoms with Crippen molar-refractivity contribution in [3.05, 3.63) is 71.9 Å². The number of rotatable bonds is 6. The predicted molar refractivity (Wildman–Crippen MR) is 108 cm³/mol. The number of benzene rings is 2. The van der Waals surface area contributed by atoms with Crippen LogP contribution in [0, 0.1) is 12.7 Å². The van der Waals surface area contributed by atoms with E-state index in [1.165, 1.54) is 12.1 Å². The van der Waals surface area contributed by atoms with Crippen LogP contribution >= 0.6 is 0 Å². The quantitative estimate of drug-likeness (QED) is 0.632. The maximum atomic E-state index is 13.0. The van der Waals surface area contributed by atoms with Gasteiger partial charge in [0, 0.05) is 23.1 Å². The molecule has 0 saturated heterocycles. The molecule has 0 spiro atoms. The minimum atomic E-state index is -3.78. The zero-order chi connectivity index (χ0) is 20.3. The highest BCUT2D eigenvalue weighted by Gasteiger charge is 2.14. The van der Waals surface area contributed by atoms with E-state index in [4.69, 9.17) is 0 Å². The van der Waals surface area contributed by atoms with Gasteiger partial charge in [-0.25, -0.2) is 22.8 Å². The first-order valence-electron chi connectivity index (χ1n) is 8.74. The molecule has 0 fully saturated rings. The highest BCUT2D eigenvalue weighted by Crippen LogP contribution is 2.22. The lowest BCUT2D eigenvalue weighted by Crippen LogP contribution is -2.12. The number of sulfonamides is 1. The zero-order valence-electron chi connectivity index (χ0n) is 15.8. The van der Waals surface area contributed by atoms with Gasteiger partial charge >= 0.3 is 0 Å². The molecule has 0 unspecified atom stereocenters. The largest absolute Gasteiger partial charge is 0.340 e. The van der Waals surface area contributed by atoms with Gasteiger partial charge in [-0.3, -0.25) is 4.72 Å². The lowest BCUT2D eigenvalue weighted by Gasteiger charge is -2.12. The molecule has 2 N–H and O–H groups in total. The number of anilines is 3. The Morgan fingerprint density at radius 2 is 1.54 bits per heavy atom. The van der Waals surface area contributed by atoms with Crippen LogP contribution in [0.2, 0.25) is 0 Å². The summed E-state index contributed by atoms with van der Waals surface area (Å²) in [5.41, 5.74) is 2.10. The monoisotopic (exact) mass is 400 g/mol. The van der Waals surface area contributed by atoms with E-state index in [1.54, 1.807) is 24.3 Å². The second kappa shape index (κ2) is 7.93. The van der Waals surface area contributed by atoms with E-state index in [9.17, 15) is 12.8 Å². The Balaban J connectivity index is 1.74. The first-order valence-corrected chi connectivity index (χ1v) is 10.2. The van der Waals surface area contributed by atoms with E-state index in [-0.39, 0.29) is 10.8 Å². The van der Waals surface area contributed by atoms with Crippen LogP contribution in [0.3, 0.4) is 0 Å². The average molecular weight is 400 g/mol. The fraction of sp³-hybridized carbons (Fsp3) is 0.200. The van der Waals surface area contributed by atoms with Gasteiger partial charge in [0.15, 0.2) is 0 Å². The fourth-order valence-corrected chi connectivity index (χ4v) is 3.61. The minimum Gasteiger partial charge on any atom is -0.340 e. The van der Waals surface area contributed by atoms with Gasteiger partial charge in [-0.05, 0) is 61.4 Å². The van der Waals surface area contributed by atoms with Crippen LogP contribution in [-0.4, -0.2) is 18.4 Å². The molecule has 2 aromatic carbocycles. The summed E-state index contributed by atoms with van der Waals surface area (Å²) in [4.78, 5) is 8.78. The SMILES string of the molecule is Cc1nc(Nc2ccc(NS(=O)(=O)c3ccc(F)cc3)cc2)cc(C(C)C)n1. The van der Waals surface area contributed by atoms with Crippen molar-refractivity contribution >= 4 is 27.2 Å². The van der Waals surface area contributed by atoms with E-state index in [0.29, 0.717) is 17.3 Å². The molecule has 0 saturated carbocycles. The number of hydrogen-bond donors (Lipinski definition) is 2. The molecule has 0 aliphatic heterocycles. The van der Waals surface area contributed by atoms with Gasteiger partial charge in [0.05, 0.1) is 4.90 Å². The Hall–Kier alpha value is -3.00. The van der Waals surface area contributed by atoms with Crippen molar-refractivity contribution in [2.45, 2.75) is 31.6 Å². The highest BCUT2D eigenvalue weighted by atomic mass is 32.2. The van der Waals surface area contributed by atoms with Crippen LogP contribution in [0.25, 0.3) is 0 Å². The summed E-state index contributed by atoms with van der Waals surface area (Å²) in [6.07, 6.45) is 0. The van der Waals surface area contributed by atoms with Crippen molar-refractivity contribution in [2.75, 3.05) is 10.0 Å². The zero-order valence-corrected chi connectivity index (χ0v) is 16.6. The van der Waals surface area contributed by atoms with E-state index < -0.39 is 15.8 Å². The number of halogens is 1. The molecule has 146 valence electrons. The number of nitrogens with zero attached hydrogens (tertiary/aromatic N) is 2. The van der Waals surface area contributed by atoms with Crippen LogP contribution in [0.4, 0.5) is 21.6 Å². The van der Waals surface area contributed by atoms with Crippen molar-refractivity contribution < 1.29 is 12.8 Å². The third kappa shape index (κ3) is 4.83. The Labute approximate surface area is 163 Å². The van der Waals surface area contributed by atoms with E-state index in [0.717, 1.165) is 23.5 Å². The molecule has 6 nitrogen and oxygen atoms in total. The van der Waals surface area contributed by atoms with Crippen LogP contribution in [-0.2, 0) is 10.0 Å². The van der Waals surface area contributed by atoms with E-state index >= 15 is 0 Å². The van der Waals surface area contributed by atoms with Crippen molar-refractivity contribution in [3.63, 3.8) is 0 Å². The van der Waals surface area contributed by atoms with Crippen molar-refractivity contribution in [3.8, 4) is 0 Å². The molecular formula is C20H21FN4O2S. The molecule has 0 radical (unpaired) electrons. The molecule has 1 heterocycles. The van der Waals surface area contributed by atoms with Gasteiger partial charge in [0.1, 0.15) is 17.5 Å². The Morgan fingerprint density at radius 1 is 0.929 bits per heavy atom. The molecule has 3 rings (SSSR count). The van der Waals surface area contributed by atoms with Gasteiger partial charge in [0.25, 0.3) is 10.0 Å². The van der Waals surface area contributed by atoms with Crippen LogP contribution in [0.15, 0.2) is 59.5 Å². The second-order valence-electron chi connectivity index (χ2n) is 6.64. The van der Waals surface area contributed by atoms with Gasteiger partial charge in [-0.2, -0.15) is 0 Å². The summed E-state index contributed by atoms with van der Waals surface area (Å²) in [6, 6.07) is 13.3. The summed E-state index contributed by atoms with van der Waals surface area (Å²) >= 11 is 0. The first kappa shape index (κ1) is 19.8. The smallest absolute Gasteiger partial charge is 0.261 e. The normalized spacial score (nSPS) is 11.5. The Kier molecular flexibility index (Phi) is 5.60. The third-order valence-corrected chi connectivity index (χ3v) is 5.38. The summed E-state index contributed by atoms with van der Waals surface area (Å²) in [6.45, 7) is 5.96. The Morgan fingerprint density at radius 3 is 2.14 bits per heavy atom. The van der Waals surface area contributed by atoms with Crippen LogP contribution < -0.4 is 10.0 Å². The standard InChI is InChI=1S/C20H21FN4O2S/c1-13(2)19-12-20(23-14(3)22-19)24-16-6-8-17(9-7-16)25-28(26,27)18-10-4-15(21)5-11-18/h4-13,25H,1-3H3,(H,22,23,24). The molecule has 0 amide bonds. The number of nitrogens with one attached hydrogen (secondary N) is 2. The van der Waals surface area contributed by atoms with Gasteiger partial charge in [0.2, 0.25) is 0 Å². The maximum Gasteiger partial charge on any atom is 0.261 e. The first-order chi connectivity index (χ1) is 13.2. The molecule has 0 atom stereocenters. The fourth-order valence-electron chi connectivity index (χ4n) is 2.55. The molecule has 0 bridgehead atoms. The second-order valence-corrected chi connectivity index (χ2v) is 8.32. The minimum absolute atomic E-state index is 0.00576. The highest BCUT2D eigenvalue weighted by molar-refractivity contribution is 7.92. The molecule has 0 aliphatic rings. The van der Waals surface area contributed by atoms with Gasteiger partial charge in [-0.15, -0.1) is 0 Å². The third-order valence-electron chi connectivity index (χ3n) is 3.98. The van der Waals surface area contributed by atoms with Crippen LogP contribution in [0.1, 0.15) is 31.3 Å². The van der Waals surface area contributed by atoms with Crippen LogP contribution in [0.5, 0.6) is 0 Å². The molecule has 0 aliphatic carbocycles. The van der Waals surface area contributed by atoms with Crippen molar-refractivity contribution in [2.24, 2.45) is 0 Å². The summed E-state index contributed by atoms with van der Waals surface area (Å²) in [7, 11) is -3.78. The lowest BCUT2D eigenvalue weighted by atomic mass is 10.1. The summed E-state index contributed by atoms with van der Waals surface area (Å²) < 4.78 is 40.2. The van der Waals surface area contributed by atoms with Crippen molar-refractivity contribution in [1.29, 1.82) is 0 Å². The lowest BCUT2D eigenvalue weighted by molar-refractivity contribution is 0.599. The number of aromatic nitrogens is 2. The van der Waals surface area contributed by atoms with E-state index in [1.807, 2.05) is 13.0 Å². The van der Waals surface area contributed by atoms with Gasteiger partial charge in [-0.1, -0.05) is 13.8 Å². The summed E-state index contributed by atoms with van der Waals surface area (Å²) in [5.74, 6) is 1.15. The molecular weight excluding hydrogens is 379 g/mol. The Bertz CT molecular complexity index is 1070. The predicted octanol–water partition coefficient (Wildman–Crippen LogP) is 4.59. The number of hydrogen-bond acceptors (Lipinski definition) is 5. The molecule has 3 aromatic rings.